The number of carboxylic acids is 1. The molecule has 0 fully saturated rings. The molecule has 0 unspecified atom stereocenters. The summed E-state index contributed by atoms with van der Waals surface area (Å²) in [6, 6.07) is 7.38. The molecule has 98 valence electrons. The minimum absolute atomic E-state index is 0.365. The Labute approximate surface area is 111 Å². The van der Waals surface area contributed by atoms with Crippen molar-refractivity contribution in [2.24, 2.45) is 0 Å². The predicted molar refractivity (Wildman–Crippen MR) is 69.9 cm³/mol. The average molecular weight is 257 g/mol. The summed E-state index contributed by atoms with van der Waals surface area (Å²) in [6.07, 6.45) is 4.39. The van der Waals surface area contributed by atoms with Crippen molar-refractivity contribution in [3.63, 3.8) is 0 Å². The molecular weight excluding hydrogens is 242 g/mol. The first-order chi connectivity index (χ1) is 9.22. The molecule has 3 rings (SSSR count). The quantitative estimate of drug-likeness (QED) is 0.918. The first kappa shape index (κ1) is 12.0. The van der Waals surface area contributed by atoms with Gasteiger partial charge in [0.05, 0.1) is 18.1 Å². The lowest BCUT2D eigenvalue weighted by molar-refractivity contribution is 0.0696. The molecule has 0 atom stereocenters. The second kappa shape index (κ2) is 4.90. The fourth-order valence-corrected chi connectivity index (χ4v) is 2.52. The molecule has 0 bridgehead atoms. The minimum atomic E-state index is -0.866. The fourth-order valence-electron chi connectivity index (χ4n) is 2.52. The molecule has 1 aromatic heterocycles. The van der Waals surface area contributed by atoms with Gasteiger partial charge in [-0.1, -0.05) is 6.07 Å². The van der Waals surface area contributed by atoms with E-state index in [0.29, 0.717) is 5.56 Å². The SMILES string of the molecule is O=C(O)c1ccc2c(c1)CN(Cc1ccoc1)CC2. The van der Waals surface area contributed by atoms with Gasteiger partial charge in [0.1, 0.15) is 0 Å². The Kier molecular flexibility index (Phi) is 3.09. The van der Waals surface area contributed by atoms with Crippen LogP contribution in [0.2, 0.25) is 0 Å². The molecule has 4 nitrogen and oxygen atoms in total. The van der Waals surface area contributed by atoms with Crippen LogP contribution in [0.15, 0.2) is 41.2 Å². The van der Waals surface area contributed by atoms with Crippen LogP contribution in [-0.2, 0) is 19.5 Å². The molecule has 1 N–H and O–H groups in total. The summed E-state index contributed by atoms with van der Waals surface area (Å²) >= 11 is 0. The van der Waals surface area contributed by atoms with Gasteiger partial charge in [-0.2, -0.15) is 0 Å². The van der Waals surface area contributed by atoms with E-state index in [1.54, 1.807) is 24.7 Å². The Balaban J connectivity index is 1.78. The van der Waals surface area contributed by atoms with Crippen molar-refractivity contribution in [2.75, 3.05) is 6.54 Å². The third-order valence-electron chi connectivity index (χ3n) is 3.53. The van der Waals surface area contributed by atoms with Gasteiger partial charge in [-0.05, 0) is 35.7 Å². The Morgan fingerprint density at radius 1 is 1.32 bits per heavy atom. The zero-order valence-electron chi connectivity index (χ0n) is 10.5. The molecule has 2 heterocycles. The highest BCUT2D eigenvalue weighted by molar-refractivity contribution is 5.87. The van der Waals surface area contributed by atoms with E-state index in [4.69, 9.17) is 9.52 Å². The topological polar surface area (TPSA) is 53.7 Å². The Morgan fingerprint density at radius 3 is 2.95 bits per heavy atom. The van der Waals surface area contributed by atoms with Crippen molar-refractivity contribution in [1.29, 1.82) is 0 Å². The maximum absolute atomic E-state index is 11.0. The van der Waals surface area contributed by atoms with Gasteiger partial charge in [0, 0.05) is 25.2 Å². The average Bonchev–Trinajstić information content (AvgIpc) is 2.90. The zero-order valence-corrected chi connectivity index (χ0v) is 10.5. The van der Waals surface area contributed by atoms with Crippen molar-refractivity contribution < 1.29 is 14.3 Å². The zero-order chi connectivity index (χ0) is 13.2. The standard InChI is InChI=1S/C15H15NO3/c17-15(18)13-2-1-12-3-5-16(9-14(12)7-13)8-11-4-6-19-10-11/h1-2,4,6-7,10H,3,5,8-9H2,(H,17,18). The molecule has 0 spiro atoms. The van der Waals surface area contributed by atoms with E-state index in [2.05, 4.69) is 4.90 Å². The van der Waals surface area contributed by atoms with Gasteiger partial charge in [0.25, 0.3) is 0 Å². The van der Waals surface area contributed by atoms with Crippen LogP contribution >= 0.6 is 0 Å². The van der Waals surface area contributed by atoms with Gasteiger partial charge in [-0.25, -0.2) is 4.79 Å². The number of nitrogens with zero attached hydrogens (tertiary/aromatic N) is 1. The minimum Gasteiger partial charge on any atom is -0.478 e. The summed E-state index contributed by atoms with van der Waals surface area (Å²) in [5.74, 6) is -0.866. The van der Waals surface area contributed by atoms with Crippen LogP contribution in [-0.4, -0.2) is 22.5 Å². The molecule has 0 radical (unpaired) electrons. The number of furan rings is 1. The van der Waals surface area contributed by atoms with E-state index in [1.807, 2.05) is 12.1 Å². The van der Waals surface area contributed by atoms with Crippen molar-refractivity contribution in [1.82, 2.24) is 4.90 Å². The maximum atomic E-state index is 11.0. The Bertz CT molecular complexity index is 589. The van der Waals surface area contributed by atoms with E-state index in [0.717, 1.165) is 37.2 Å². The second-order valence-corrected chi connectivity index (χ2v) is 4.88. The van der Waals surface area contributed by atoms with Crippen LogP contribution in [0.3, 0.4) is 0 Å². The van der Waals surface area contributed by atoms with Crippen LogP contribution in [0.25, 0.3) is 0 Å². The molecule has 0 saturated heterocycles. The predicted octanol–water partition coefficient (Wildman–Crippen LogP) is 2.54. The summed E-state index contributed by atoms with van der Waals surface area (Å²) in [5.41, 5.74) is 3.89. The first-order valence-corrected chi connectivity index (χ1v) is 6.31. The van der Waals surface area contributed by atoms with Crippen LogP contribution in [0.1, 0.15) is 27.0 Å². The molecular formula is C15H15NO3. The van der Waals surface area contributed by atoms with Crippen molar-refractivity contribution >= 4 is 5.97 Å². The maximum Gasteiger partial charge on any atom is 0.335 e. The van der Waals surface area contributed by atoms with Gasteiger partial charge in [0.2, 0.25) is 0 Å². The number of fused-ring (bicyclic) bond motifs is 1. The highest BCUT2D eigenvalue weighted by Crippen LogP contribution is 2.22. The van der Waals surface area contributed by atoms with Gasteiger partial charge >= 0.3 is 5.97 Å². The molecule has 1 aliphatic heterocycles. The van der Waals surface area contributed by atoms with Crippen LogP contribution in [0, 0.1) is 0 Å². The largest absolute Gasteiger partial charge is 0.478 e. The molecule has 0 saturated carbocycles. The lowest BCUT2D eigenvalue weighted by Crippen LogP contribution is -2.30. The smallest absolute Gasteiger partial charge is 0.335 e. The summed E-state index contributed by atoms with van der Waals surface area (Å²) in [6.45, 7) is 2.62. The summed E-state index contributed by atoms with van der Waals surface area (Å²) < 4.78 is 5.07. The monoisotopic (exact) mass is 257 g/mol. The Morgan fingerprint density at radius 2 is 2.21 bits per heavy atom. The summed E-state index contributed by atoms with van der Waals surface area (Å²) in [7, 11) is 0. The van der Waals surface area contributed by atoms with Crippen LogP contribution in [0.5, 0.6) is 0 Å². The highest BCUT2D eigenvalue weighted by Gasteiger charge is 2.18. The molecule has 2 aromatic rings. The summed E-state index contributed by atoms with van der Waals surface area (Å²) in [4.78, 5) is 13.3. The molecule has 1 aliphatic rings. The van der Waals surface area contributed by atoms with Crippen molar-refractivity contribution in [3.05, 3.63) is 59.0 Å². The number of carboxylic acid groups (broad SMARTS) is 1. The number of carbonyl (C=O) groups is 1. The van der Waals surface area contributed by atoms with E-state index >= 15 is 0 Å². The third-order valence-corrected chi connectivity index (χ3v) is 3.53. The number of aromatic carboxylic acids is 1. The third kappa shape index (κ3) is 2.53. The van der Waals surface area contributed by atoms with E-state index in [1.165, 1.54) is 5.56 Å². The van der Waals surface area contributed by atoms with Crippen LogP contribution < -0.4 is 0 Å². The molecule has 0 amide bonds. The second-order valence-electron chi connectivity index (χ2n) is 4.88. The number of rotatable bonds is 3. The van der Waals surface area contributed by atoms with Crippen molar-refractivity contribution in [2.45, 2.75) is 19.5 Å². The molecule has 4 heteroatoms. The van der Waals surface area contributed by atoms with Gasteiger partial charge < -0.3 is 9.52 Å². The Hall–Kier alpha value is -2.07. The van der Waals surface area contributed by atoms with Gasteiger partial charge in [-0.15, -0.1) is 0 Å². The lowest BCUT2D eigenvalue weighted by atomic mass is 9.97. The number of hydrogen-bond donors (Lipinski definition) is 1. The van der Waals surface area contributed by atoms with E-state index in [9.17, 15) is 4.79 Å². The van der Waals surface area contributed by atoms with Crippen molar-refractivity contribution in [3.8, 4) is 0 Å². The van der Waals surface area contributed by atoms with Gasteiger partial charge in [0.15, 0.2) is 0 Å². The molecule has 19 heavy (non-hydrogen) atoms. The van der Waals surface area contributed by atoms with E-state index < -0.39 is 5.97 Å². The summed E-state index contributed by atoms with van der Waals surface area (Å²) in [5, 5.41) is 9.03. The molecule has 0 aliphatic carbocycles. The van der Waals surface area contributed by atoms with Crippen LogP contribution in [0.4, 0.5) is 0 Å². The normalized spacial score (nSPS) is 15.2. The van der Waals surface area contributed by atoms with E-state index in [-0.39, 0.29) is 0 Å². The molecule has 1 aromatic carbocycles. The first-order valence-electron chi connectivity index (χ1n) is 6.31. The fraction of sp³-hybridized carbons (Fsp3) is 0.267. The van der Waals surface area contributed by atoms with Gasteiger partial charge in [-0.3, -0.25) is 4.90 Å². The lowest BCUT2D eigenvalue weighted by Gasteiger charge is -2.28. The highest BCUT2D eigenvalue weighted by atomic mass is 16.4. The number of hydrogen-bond acceptors (Lipinski definition) is 3. The number of benzene rings is 1.